The molecule has 0 aliphatic carbocycles. The Kier molecular flexibility index (Phi) is 4.09. The predicted molar refractivity (Wildman–Crippen MR) is 81.3 cm³/mol. The molecule has 114 valence electrons. The van der Waals surface area contributed by atoms with Gasteiger partial charge in [0.05, 0.1) is 16.6 Å². The van der Waals surface area contributed by atoms with Crippen LogP contribution in [0.25, 0.3) is 0 Å². The van der Waals surface area contributed by atoms with Gasteiger partial charge in [-0.3, -0.25) is 9.59 Å². The van der Waals surface area contributed by atoms with Gasteiger partial charge in [-0.05, 0) is 26.8 Å². The van der Waals surface area contributed by atoms with Crippen LogP contribution < -0.4 is 11.1 Å². The van der Waals surface area contributed by atoms with Gasteiger partial charge in [-0.25, -0.2) is 4.98 Å². The van der Waals surface area contributed by atoms with Crippen molar-refractivity contribution in [1.29, 1.82) is 0 Å². The van der Waals surface area contributed by atoms with E-state index in [0.29, 0.717) is 23.8 Å². The third-order valence-corrected chi connectivity index (χ3v) is 3.69. The van der Waals surface area contributed by atoms with E-state index < -0.39 is 5.91 Å². The van der Waals surface area contributed by atoms with Crippen molar-refractivity contribution < 1.29 is 9.59 Å². The van der Waals surface area contributed by atoms with Crippen LogP contribution in [0.3, 0.4) is 0 Å². The highest BCUT2D eigenvalue weighted by molar-refractivity contribution is 6.33. The minimum absolute atomic E-state index is 0.0545. The van der Waals surface area contributed by atoms with Crippen LogP contribution in [0.2, 0.25) is 5.02 Å². The number of nitrogens with zero attached hydrogens (tertiary/aromatic N) is 2. The lowest BCUT2D eigenvalue weighted by molar-refractivity contribution is -0.131. The number of amides is 2. The number of carbonyl (C=O) groups is 2. The molecule has 6 nitrogen and oxygen atoms in total. The molecule has 0 aromatic carbocycles. The maximum absolute atomic E-state index is 12.0. The lowest BCUT2D eigenvalue weighted by Gasteiger charge is -2.32. The molecule has 1 aromatic heterocycles. The van der Waals surface area contributed by atoms with Crippen LogP contribution in [0, 0.1) is 0 Å². The fourth-order valence-electron chi connectivity index (χ4n) is 2.32. The zero-order valence-corrected chi connectivity index (χ0v) is 13.1. The van der Waals surface area contributed by atoms with Crippen molar-refractivity contribution >= 4 is 29.2 Å². The summed E-state index contributed by atoms with van der Waals surface area (Å²) in [4.78, 5) is 29.0. The monoisotopic (exact) mass is 310 g/mol. The Morgan fingerprint density at radius 2 is 2.19 bits per heavy atom. The smallest absolute Gasteiger partial charge is 0.250 e. The van der Waals surface area contributed by atoms with Gasteiger partial charge in [0.1, 0.15) is 5.82 Å². The van der Waals surface area contributed by atoms with Crippen LogP contribution in [0.1, 0.15) is 37.6 Å². The van der Waals surface area contributed by atoms with Crippen molar-refractivity contribution in [3.8, 4) is 0 Å². The van der Waals surface area contributed by atoms with E-state index in [-0.39, 0.29) is 23.1 Å². The molecule has 21 heavy (non-hydrogen) atoms. The lowest BCUT2D eigenvalue weighted by Crippen LogP contribution is -2.43. The fourth-order valence-corrected chi connectivity index (χ4v) is 2.55. The molecule has 7 heteroatoms. The van der Waals surface area contributed by atoms with E-state index in [1.165, 1.54) is 12.3 Å². The first-order chi connectivity index (χ1) is 9.68. The van der Waals surface area contributed by atoms with Gasteiger partial charge in [0.25, 0.3) is 0 Å². The topological polar surface area (TPSA) is 88.3 Å². The number of anilines is 1. The number of aromatic nitrogens is 1. The van der Waals surface area contributed by atoms with Gasteiger partial charge in [-0.2, -0.15) is 0 Å². The van der Waals surface area contributed by atoms with Gasteiger partial charge in [0, 0.05) is 24.7 Å². The second-order valence-corrected chi connectivity index (χ2v) is 6.55. The minimum Gasteiger partial charge on any atom is -0.366 e. The molecule has 1 aliphatic rings. The Hall–Kier alpha value is -1.82. The van der Waals surface area contributed by atoms with E-state index in [4.69, 9.17) is 17.3 Å². The molecule has 1 atom stereocenters. The summed E-state index contributed by atoms with van der Waals surface area (Å²) in [5.41, 5.74) is 5.22. The average Bonchev–Trinajstić information content (AvgIpc) is 2.72. The second kappa shape index (κ2) is 5.52. The minimum atomic E-state index is -0.578. The first-order valence-electron chi connectivity index (χ1n) is 6.71. The van der Waals surface area contributed by atoms with Crippen LogP contribution in [0.5, 0.6) is 0 Å². The normalized spacial score (nSPS) is 19.0. The van der Waals surface area contributed by atoms with E-state index >= 15 is 0 Å². The van der Waals surface area contributed by atoms with Gasteiger partial charge in [0.15, 0.2) is 0 Å². The summed E-state index contributed by atoms with van der Waals surface area (Å²) in [6.45, 7) is 6.60. The number of nitrogens with one attached hydrogen (secondary N) is 1. The summed E-state index contributed by atoms with van der Waals surface area (Å²) in [5, 5.41) is 3.46. The van der Waals surface area contributed by atoms with Crippen molar-refractivity contribution in [3.63, 3.8) is 0 Å². The maximum atomic E-state index is 12.0. The van der Waals surface area contributed by atoms with Gasteiger partial charge in [-0.15, -0.1) is 0 Å². The number of nitrogens with two attached hydrogens (primary N) is 1. The Morgan fingerprint density at radius 3 is 2.67 bits per heavy atom. The SMILES string of the molecule is CC(C)(C)N1CC(Nc2ncc(C(N)=O)cc2Cl)CC1=O. The van der Waals surface area contributed by atoms with Gasteiger partial charge in [0.2, 0.25) is 11.8 Å². The molecule has 0 radical (unpaired) electrons. The number of pyridine rings is 1. The standard InChI is InChI=1S/C14H19ClN4O2/c1-14(2,3)19-7-9(5-11(19)20)18-13-10(15)4-8(6-17-13)12(16)21/h4,6,9H,5,7H2,1-3H3,(H2,16,21)(H,17,18). The summed E-state index contributed by atoms with van der Waals surface area (Å²) in [7, 11) is 0. The summed E-state index contributed by atoms with van der Waals surface area (Å²) >= 11 is 6.08. The zero-order chi connectivity index (χ0) is 15.8. The fraction of sp³-hybridized carbons (Fsp3) is 0.500. The highest BCUT2D eigenvalue weighted by Crippen LogP contribution is 2.26. The summed E-state index contributed by atoms with van der Waals surface area (Å²) in [6, 6.07) is 1.42. The molecule has 2 heterocycles. The molecular weight excluding hydrogens is 292 g/mol. The van der Waals surface area contributed by atoms with Crippen molar-refractivity contribution in [3.05, 3.63) is 22.8 Å². The van der Waals surface area contributed by atoms with Gasteiger partial charge < -0.3 is 16.0 Å². The van der Waals surface area contributed by atoms with Crippen LogP contribution in [0.4, 0.5) is 5.82 Å². The molecule has 1 saturated heterocycles. The molecule has 3 N–H and O–H groups in total. The largest absolute Gasteiger partial charge is 0.366 e. The lowest BCUT2D eigenvalue weighted by atomic mass is 10.1. The Morgan fingerprint density at radius 1 is 1.52 bits per heavy atom. The number of carbonyl (C=O) groups excluding carboxylic acids is 2. The maximum Gasteiger partial charge on any atom is 0.250 e. The summed E-state index contributed by atoms with van der Waals surface area (Å²) < 4.78 is 0. The average molecular weight is 311 g/mol. The number of hydrogen-bond acceptors (Lipinski definition) is 4. The third kappa shape index (κ3) is 3.44. The van der Waals surface area contributed by atoms with E-state index in [1.54, 1.807) is 0 Å². The number of primary amides is 1. The zero-order valence-electron chi connectivity index (χ0n) is 12.3. The number of rotatable bonds is 3. The number of likely N-dealkylation sites (tertiary alicyclic amines) is 1. The van der Waals surface area contributed by atoms with Crippen molar-refractivity contribution in [2.24, 2.45) is 5.73 Å². The van der Waals surface area contributed by atoms with Crippen LogP contribution in [-0.4, -0.2) is 39.8 Å². The van der Waals surface area contributed by atoms with E-state index in [2.05, 4.69) is 10.3 Å². The molecule has 1 fully saturated rings. The molecular formula is C14H19ClN4O2. The highest BCUT2D eigenvalue weighted by Gasteiger charge is 2.36. The Labute approximate surface area is 128 Å². The van der Waals surface area contributed by atoms with Crippen LogP contribution in [-0.2, 0) is 4.79 Å². The van der Waals surface area contributed by atoms with E-state index in [9.17, 15) is 9.59 Å². The van der Waals surface area contributed by atoms with E-state index in [1.807, 2.05) is 25.7 Å². The molecule has 0 spiro atoms. The van der Waals surface area contributed by atoms with Crippen molar-refractivity contribution in [2.45, 2.75) is 38.8 Å². The van der Waals surface area contributed by atoms with Crippen molar-refractivity contribution in [2.75, 3.05) is 11.9 Å². The highest BCUT2D eigenvalue weighted by atomic mass is 35.5. The Bertz CT molecular complexity index is 583. The number of halogens is 1. The first-order valence-corrected chi connectivity index (χ1v) is 7.08. The van der Waals surface area contributed by atoms with Crippen molar-refractivity contribution in [1.82, 2.24) is 9.88 Å². The second-order valence-electron chi connectivity index (χ2n) is 6.14. The van der Waals surface area contributed by atoms with Gasteiger partial charge >= 0.3 is 0 Å². The number of hydrogen-bond donors (Lipinski definition) is 2. The van der Waals surface area contributed by atoms with Crippen LogP contribution >= 0.6 is 11.6 Å². The Balaban J connectivity index is 2.10. The molecule has 1 unspecified atom stereocenters. The third-order valence-electron chi connectivity index (χ3n) is 3.40. The first kappa shape index (κ1) is 15.6. The molecule has 1 aliphatic heterocycles. The molecule has 1 aromatic rings. The molecule has 2 rings (SSSR count). The quantitative estimate of drug-likeness (QED) is 0.888. The summed E-state index contributed by atoms with van der Waals surface area (Å²) in [5.74, 6) is -0.0222. The summed E-state index contributed by atoms with van der Waals surface area (Å²) in [6.07, 6.45) is 1.77. The van der Waals surface area contributed by atoms with E-state index in [0.717, 1.165) is 0 Å². The van der Waals surface area contributed by atoms with Gasteiger partial charge in [-0.1, -0.05) is 11.6 Å². The molecule has 2 amide bonds. The predicted octanol–water partition coefficient (Wildman–Crippen LogP) is 1.65. The molecule has 0 bridgehead atoms. The van der Waals surface area contributed by atoms with Crippen LogP contribution in [0.15, 0.2) is 12.3 Å². The molecule has 0 saturated carbocycles.